The molecule has 1 amide bonds. The number of carbonyl (C=O) groups excluding carboxylic acids is 1. The van der Waals surface area contributed by atoms with Gasteiger partial charge < -0.3 is 10.4 Å². The molecule has 7 heteroatoms. The summed E-state index contributed by atoms with van der Waals surface area (Å²) in [5.41, 5.74) is 0.858. The van der Waals surface area contributed by atoms with Crippen molar-refractivity contribution in [3.63, 3.8) is 0 Å². The van der Waals surface area contributed by atoms with Gasteiger partial charge in [0.15, 0.2) is 0 Å². The van der Waals surface area contributed by atoms with Crippen LogP contribution in [0, 0.1) is 18.8 Å². The molecule has 1 atom stereocenters. The molecule has 0 aliphatic carbocycles. The van der Waals surface area contributed by atoms with Gasteiger partial charge in [0.05, 0.1) is 15.5 Å². The fraction of sp³-hybridized carbons (Fsp3) is 0.462. The van der Waals surface area contributed by atoms with Gasteiger partial charge in [0.2, 0.25) is 0 Å². The maximum atomic E-state index is 12.0. The Kier molecular flexibility index (Phi) is 5.74. The van der Waals surface area contributed by atoms with E-state index in [1.54, 1.807) is 13.0 Å². The minimum Gasteiger partial charge on any atom is -0.384 e. The number of nitrogens with one attached hydrogen (secondary N) is 1. The average molecular weight is 315 g/mol. The highest BCUT2D eigenvalue weighted by atomic mass is 32.2. The second-order valence-electron chi connectivity index (χ2n) is 4.55. The molecule has 1 unspecified atom stereocenters. The van der Waals surface area contributed by atoms with Crippen LogP contribution in [0.4, 0.5) is 0 Å². The maximum Gasteiger partial charge on any atom is 0.261 e. The molecular weight excluding hydrogens is 298 g/mol. The molecule has 2 N–H and O–H groups in total. The number of rotatable bonds is 4. The Morgan fingerprint density at radius 1 is 1.55 bits per heavy atom. The first-order valence-corrected chi connectivity index (χ1v) is 8.79. The molecule has 1 heterocycles. The standard InChI is InChI=1S/C13H17NO4S2/c1-9-7-12(19-11(9)5-4-6-15)13(16)14-10(2)8-20(3,17)18/h7,10,15H,6,8H2,1-3H3,(H,14,16). The van der Waals surface area contributed by atoms with Crippen molar-refractivity contribution in [3.8, 4) is 11.8 Å². The van der Waals surface area contributed by atoms with E-state index >= 15 is 0 Å². The molecule has 1 aromatic heterocycles. The number of sulfone groups is 1. The number of hydrogen-bond donors (Lipinski definition) is 2. The van der Waals surface area contributed by atoms with Gasteiger partial charge in [-0.2, -0.15) is 0 Å². The van der Waals surface area contributed by atoms with Crippen molar-refractivity contribution in [2.24, 2.45) is 0 Å². The Hall–Kier alpha value is -1.36. The van der Waals surface area contributed by atoms with E-state index in [2.05, 4.69) is 17.2 Å². The average Bonchev–Trinajstić information content (AvgIpc) is 2.65. The highest BCUT2D eigenvalue weighted by molar-refractivity contribution is 7.90. The number of thiophene rings is 1. The number of aryl methyl sites for hydroxylation is 1. The molecule has 5 nitrogen and oxygen atoms in total. The number of carbonyl (C=O) groups is 1. The van der Waals surface area contributed by atoms with E-state index in [1.165, 1.54) is 11.3 Å². The highest BCUT2D eigenvalue weighted by Gasteiger charge is 2.16. The predicted octanol–water partition coefficient (Wildman–Crippen LogP) is 0.563. The third-order valence-corrected chi connectivity index (χ3v) is 4.61. The second-order valence-corrected chi connectivity index (χ2v) is 7.79. The Labute approximate surface area is 122 Å². The first kappa shape index (κ1) is 16.7. The molecule has 0 saturated carbocycles. The molecule has 0 aliphatic rings. The Balaban J connectivity index is 2.78. The van der Waals surface area contributed by atoms with Gasteiger partial charge in [0.25, 0.3) is 5.91 Å². The van der Waals surface area contributed by atoms with E-state index in [0.29, 0.717) is 4.88 Å². The van der Waals surface area contributed by atoms with Crippen LogP contribution in [0.5, 0.6) is 0 Å². The lowest BCUT2D eigenvalue weighted by atomic mass is 10.2. The topological polar surface area (TPSA) is 83.5 Å². The Bertz CT molecular complexity index is 650. The van der Waals surface area contributed by atoms with E-state index in [4.69, 9.17) is 5.11 Å². The van der Waals surface area contributed by atoms with Gasteiger partial charge in [-0.3, -0.25) is 4.79 Å². The summed E-state index contributed by atoms with van der Waals surface area (Å²) in [4.78, 5) is 13.2. The fourth-order valence-corrected chi connectivity index (χ4v) is 3.57. The van der Waals surface area contributed by atoms with Gasteiger partial charge in [0.1, 0.15) is 16.4 Å². The number of aliphatic hydroxyl groups excluding tert-OH is 1. The van der Waals surface area contributed by atoms with Gasteiger partial charge in [-0.25, -0.2) is 8.42 Å². The molecule has 0 aliphatic heterocycles. The zero-order valence-electron chi connectivity index (χ0n) is 11.6. The lowest BCUT2D eigenvalue weighted by molar-refractivity contribution is 0.0947. The molecule has 0 radical (unpaired) electrons. The van der Waals surface area contributed by atoms with Crippen LogP contribution in [0.1, 0.15) is 27.0 Å². The Morgan fingerprint density at radius 2 is 2.20 bits per heavy atom. The lowest BCUT2D eigenvalue weighted by Crippen LogP contribution is -2.36. The molecule has 110 valence electrons. The van der Waals surface area contributed by atoms with E-state index in [0.717, 1.165) is 16.7 Å². The van der Waals surface area contributed by atoms with Crippen LogP contribution in [-0.4, -0.2) is 44.1 Å². The summed E-state index contributed by atoms with van der Waals surface area (Å²) in [5.74, 6) is 4.90. The minimum atomic E-state index is -3.13. The van der Waals surface area contributed by atoms with Crippen molar-refractivity contribution >= 4 is 27.1 Å². The smallest absolute Gasteiger partial charge is 0.261 e. The van der Waals surface area contributed by atoms with Gasteiger partial charge in [-0.15, -0.1) is 11.3 Å². The van der Waals surface area contributed by atoms with Crippen LogP contribution >= 0.6 is 11.3 Å². The lowest BCUT2D eigenvalue weighted by Gasteiger charge is -2.11. The quantitative estimate of drug-likeness (QED) is 0.796. The van der Waals surface area contributed by atoms with E-state index < -0.39 is 15.9 Å². The SMILES string of the molecule is Cc1cc(C(=O)NC(C)CS(C)(=O)=O)sc1C#CCO. The van der Waals surface area contributed by atoms with Gasteiger partial charge >= 0.3 is 0 Å². The highest BCUT2D eigenvalue weighted by Crippen LogP contribution is 2.20. The summed E-state index contributed by atoms with van der Waals surface area (Å²) >= 11 is 1.22. The molecular formula is C13H17NO4S2. The van der Waals surface area contributed by atoms with E-state index in [9.17, 15) is 13.2 Å². The van der Waals surface area contributed by atoms with E-state index in [1.807, 2.05) is 6.92 Å². The second kappa shape index (κ2) is 6.88. The molecule has 0 aromatic carbocycles. The van der Waals surface area contributed by atoms with Crippen LogP contribution in [0.2, 0.25) is 0 Å². The van der Waals surface area contributed by atoms with Crippen molar-refractivity contribution in [2.45, 2.75) is 19.9 Å². The summed E-state index contributed by atoms with van der Waals surface area (Å²) in [5, 5.41) is 11.3. The van der Waals surface area contributed by atoms with E-state index in [-0.39, 0.29) is 18.3 Å². The first-order chi connectivity index (χ1) is 9.23. The zero-order valence-corrected chi connectivity index (χ0v) is 13.2. The molecule has 1 aromatic rings. The molecule has 0 fully saturated rings. The first-order valence-electron chi connectivity index (χ1n) is 5.91. The zero-order chi connectivity index (χ0) is 15.3. The largest absolute Gasteiger partial charge is 0.384 e. The van der Waals surface area contributed by atoms with Crippen LogP contribution in [0.25, 0.3) is 0 Å². The summed E-state index contributed by atoms with van der Waals surface area (Å²) < 4.78 is 22.3. The van der Waals surface area contributed by atoms with Gasteiger partial charge in [-0.1, -0.05) is 11.8 Å². The monoisotopic (exact) mass is 315 g/mol. The van der Waals surface area contributed by atoms with Crippen molar-refractivity contribution in [1.82, 2.24) is 5.32 Å². The minimum absolute atomic E-state index is 0.0970. The third kappa shape index (κ3) is 5.33. The summed E-state index contributed by atoms with van der Waals surface area (Å²) in [7, 11) is -3.13. The van der Waals surface area contributed by atoms with Crippen LogP contribution < -0.4 is 5.32 Å². The maximum absolute atomic E-state index is 12.0. The fourth-order valence-electron chi connectivity index (χ4n) is 1.63. The van der Waals surface area contributed by atoms with Crippen molar-refractivity contribution in [2.75, 3.05) is 18.6 Å². The number of amides is 1. The molecule has 0 bridgehead atoms. The molecule has 0 spiro atoms. The van der Waals surface area contributed by atoms with Crippen LogP contribution in [0.3, 0.4) is 0 Å². The molecule has 20 heavy (non-hydrogen) atoms. The predicted molar refractivity (Wildman–Crippen MR) is 79.7 cm³/mol. The summed E-state index contributed by atoms with van der Waals surface area (Å²) in [6, 6.07) is 1.25. The van der Waals surface area contributed by atoms with Crippen molar-refractivity contribution in [1.29, 1.82) is 0 Å². The Morgan fingerprint density at radius 3 is 2.75 bits per heavy atom. The summed E-state index contributed by atoms with van der Waals surface area (Å²) in [6.07, 6.45) is 1.13. The third-order valence-electron chi connectivity index (χ3n) is 2.35. The van der Waals surface area contributed by atoms with Gasteiger partial charge in [-0.05, 0) is 25.5 Å². The van der Waals surface area contributed by atoms with Crippen LogP contribution in [0.15, 0.2) is 6.07 Å². The molecule has 0 saturated heterocycles. The van der Waals surface area contributed by atoms with Crippen molar-refractivity contribution in [3.05, 3.63) is 21.4 Å². The van der Waals surface area contributed by atoms with Crippen LogP contribution in [-0.2, 0) is 9.84 Å². The summed E-state index contributed by atoms with van der Waals surface area (Å²) in [6.45, 7) is 3.24. The molecule has 1 rings (SSSR count). The number of aliphatic hydroxyl groups is 1. The number of hydrogen-bond acceptors (Lipinski definition) is 5. The van der Waals surface area contributed by atoms with Gasteiger partial charge in [0, 0.05) is 12.3 Å². The van der Waals surface area contributed by atoms with Crippen molar-refractivity contribution < 1.29 is 18.3 Å². The normalized spacial score (nSPS) is 12.4.